The minimum atomic E-state index is 0.120. The molecule has 0 radical (unpaired) electrons. The van der Waals surface area contributed by atoms with E-state index in [1.807, 2.05) is 36.4 Å². The Labute approximate surface area is 117 Å². The fourth-order valence-electron chi connectivity index (χ4n) is 2.41. The smallest absolute Gasteiger partial charge is 0.124 e. The number of hydrogen-bond acceptors (Lipinski definition) is 4. The second kappa shape index (κ2) is 5.25. The summed E-state index contributed by atoms with van der Waals surface area (Å²) in [5, 5.41) is 13.7. The molecule has 2 N–H and O–H groups in total. The summed E-state index contributed by atoms with van der Waals surface area (Å²) in [7, 11) is 1.68. The first-order valence-corrected chi connectivity index (χ1v) is 6.52. The number of nitrogens with one attached hydrogen (secondary N) is 1. The summed E-state index contributed by atoms with van der Waals surface area (Å²) in [6, 6.07) is 15.2. The van der Waals surface area contributed by atoms with Crippen LogP contribution in [0.25, 0.3) is 0 Å². The standard InChI is InChI=1S/C16H16N2O2/c1-20-16-5-3-2-4-13(16)15-10-14(17-18-15)11-6-8-12(19)9-7-11/h2-9,15,18-19H,10H2,1H3. The van der Waals surface area contributed by atoms with Gasteiger partial charge in [0.05, 0.1) is 18.9 Å². The molecule has 1 atom stereocenters. The van der Waals surface area contributed by atoms with Gasteiger partial charge in [-0.3, -0.25) is 0 Å². The summed E-state index contributed by atoms with van der Waals surface area (Å²) in [5.74, 6) is 1.13. The Bertz CT molecular complexity index is 635. The highest BCUT2D eigenvalue weighted by Crippen LogP contribution is 2.31. The Morgan fingerprint density at radius 3 is 2.65 bits per heavy atom. The van der Waals surface area contributed by atoms with E-state index in [-0.39, 0.29) is 11.8 Å². The lowest BCUT2D eigenvalue weighted by Gasteiger charge is -2.14. The van der Waals surface area contributed by atoms with E-state index in [9.17, 15) is 5.11 Å². The van der Waals surface area contributed by atoms with Crippen molar-refractivity contribution in [3.8, 4) is 11.5 Å². The lowest BCUT2D eigenvalue weighted by molar-refractivity contribution is 0.402. The highest BCUT2D eigenvalue weighted by molar-refractivity contribution is 6.01. The summed E-state index contributed by atoms with van der Waals surface area (Å²) in [4.78, 5) is 0. The number of benzene rings is 2. The zero-order valence-corrected chi connectivity index (χ0v) is 11.2. The molecule has 0 aromatic heterocycles. The molecule has 102 valence electrons. The van der Waals surface area contributed by atoms with Crippen molar-refractivity contribution < 1.29 is 9.84 Å². The van der Waals surface area contributed by atoms with Crippen LogP contribution >= 0.6 is 0 Å². The van der Waals surface area contributed by atoms with Crippen LogP contribution in [0.4, 0.5) is 0 Å². The molecule has 1 heterocycles. The number of hydrazone groups is 1. The molecule has 0 saturated heterocycles. The maximum atomic E-state index is 9.33. The molecule has 0 amide bonds. The van der Waals surface area contributed by atoms with E-state index >= 15 is 0 Å². The minimum Gasteiger partial charge on any atom is -0.508 e. The van der Waals surface area contributed by atoms with Crippen molar-refractivity contribution in [2.45, 2.75) is 12.5 Å². The number of nitrogens with zero attached hydrogens (tertiary/aromatic N) is 1. The predicted molar refractivity (Wildman–Crippen MR) is 78.1 cm³/mol. The minimum absolute atomic E-state index is 0.120. The van der Waals surface area contributed by atoms with Crippen LogP contribution in [0.15, 0.2) is 53.6 Å². The van der Waals surface area contributed by atoms with Crippen LogP contribution in [-0.4, -0.2) is 17.9 Å². The van der Waals surface area contributed by atoms with E-state index in [0.717, 1.165) is 29.0 Å². The Morgan fingerprint density at radius 2 is 1.90 bits per heavy atom. The van der Waals surface area contributed by atoms with Crippen molar-refractivity contribution >= 4 is 5.71 Å². The number of methoxy groups -OCH3 is 1. The normalized spacial score (nSPS) is 17.4. The highest BCUT2D eigenvalue weighted by atomic mass is 16.5. The maximum Gasteiger partial charge on any atom is 0.124 e. The molecule has 1 aliphatic rings. The van der Waals surface area contributed by atoms with Gasteiger partial charge in [-0.25, -0.2) is 0 Å². The second-order valence-corrected chi connectivity index (χ2v) is 4.73. The van der Waals surface area contributed by atoms with Gasteiger partial charge in [-0.2, -0.15) is 5.10 Å². The van der Waals surface area contributed by atoms with Crippen LogP contribution in [0.3, 0.4) is 0 Å². The van der Waals surface area contributed by atoms with Gasteiger partial charge in [0.1, 0.15) is 11.5 Å². The molecule has 2 aromatic carbocycles. The average Bonchev–Trinajstić information content (AvgIpc) is 2.97. The summed E-state index contributed by atoms with van der Waals surface area (Å²) < 4.78 is 5.39. The van der Waals surface area contributed by atoms with E-state index in [0.29, 0.717) is 0 Å². The molecule has 0 fully saturated rings. The molecular formula is C16H16N2O2. The van der Waals surface area contributed by atoms with E-state index in [1.165, 1.54) is 0 Å². The molecule has 2 aromatic rings. The van der Waals surface area contributed by atoms with E-state index in [4.69, 9.17) is 4.74 Å². The number of hydrogen-bond donors (Lipinski definition) is 2. The van der Waals surface area contributed by atoms with Crippen LogP contribution < -0.4 is 10.2 Å². The van der Waals surface area contributed by atoms with E-state index in [2.05, 4.69) is 10.5 Å². The topological polar surface area (TPSA) is 53.9 Å². The lowest BCUT2D eigenvalue weighted by Crippen LogP contribution is -2.11. The number of aromatic hydroxyl groups is 1. The molecule has 1 unspecified atom stereocenters. The molecule has 1 aliphatic heterocycles. The molecule has 20 heavy (non-hydrogen) atoms. The first-order chi connectivity index (χ1) is 9.78. The maximum absolute atomic E-state index is 9.33. The van der Waals surface area contributed by atoms with Crippen molar-refractivity contribution in [3.05, 3.63) is 59.7 Å². The molecule has 0 bridgehead atoms. The first-order valence-electron chi connectivity index (χ1n) is 6.52. The van der Waals surface area contributed by atoms with E-state index in [1.54, 1.807) is 19.2 Å². The van der Waals surface area contributed by atoms with Crippen LogP contribution in [0.5, 0.6) is 11.5 Å². The van der Waals surface area contributed by atoms with Gasteiger partial charge >= 0.3 is 0 Å². The van der Waals surface area contributed by atoms with Crippen molar-refractivity contribution in [2.75, 3.05) is 7.11 Å². The fraction of sp³-hybridized carbons (Fsp3) is 0.188. The SMILES string of the molecule is COc1ccccc1C1CC(c2ccc(O)cc2)=NN1. The van der Waals surface area contributed by atoms with Crippen molar-refractivity contribution in [1.29, 1.82) is 0 Å². The number of ether oxygens (including phenoxy) is 1. The van der Waals surface area contributed by atoms with Gasteiger partial charge in [-0.1, -0.05) is 18.2 Å². The third-order valence-corrected chi connectivity index (χ3v) is 3.47. The van der Waals surface area contributed by atoms with Gasteiger partial charge in [-0.15, -0.1) is 0 Å². The quantitative estimate of drug-likeness (QED) is 0.900. The summed E-state index contributed by atoms with van der Waals surface area (Å²) >= 11 is 0. The second-order valence-electron chi connectivity index (χ2n) is 4.73. The third kappa shape index (κ3) is 2.32. The third-order valence-electron chi connectivity index (χ3n) is 3.47. The Balaban J connectivity index is 1.80. The van der Waals surface area contributed by atoms with Crippen LogP contribution in [0.2, 0.25) is 0 Å². The van der Waals surface area contributed by atoms with Gasteiger partial charge in [-0.05, 0) is 35.9 Å². The highest BCUT2D eigenvalue weighted by Gasteiger charge is 2.23. The lowest BCUT2D eigenvalue weighted by atomic mass is 9.98. The van der Waals surface area contributed by atoms with Crippen LogP contribution in [0.1, 0.15) is 23.6 Å². The Hall–Kier alpha value is -2.49. The molecule has 3 rings (SSSR count). The summed E-state index contributed by atoms with van der Waals surface area (Å²) in [6.45, 7) is 0. The number of phenolic OH excluding ortho intramolecular Hbond substituents is 1. The summed E-state index contributed by atoms with van der Waals surface area (Å²) in [5.41, 5.74) is 6.27. The number of phenols is 1. The molecular weight excluding hydrogens is 252 g/mol. The number of rotatable bonds is 3. The Morgan fingerprint density at radius 1 is 1.15 bits per heavy atom. The van der Waals surface area contributed by atoms with Gasteiger partial charge in [0.15, 0.2) is 0 Å². The zero-order chi connectivity index (χ0) is 13.9. The van der Waals surface area contributed by atoms with Gasteiger partial charge in [0, 0.05) is 12.0 Å². The number of para-hydroxylation sites is 1. The zero-order valence-electron chi connectivity index (χ0n) is 11.2. The summed E-state index contributed by atoms with van der Waals surface area (Å²) in [6.07, 6.45) is 0.797. The van der Waals surface area contributed by atoms with Gasteiger partial charge in [0.25, 0.3) is 0 Å². The fourth-order valence-corrected chi connectivity index (χ4v) is 2.41. The average molecular weight is 268 g/mol. The van der Waals surface area contributed by atoms with Gasteiger partial charge < -0.3 is 15.3 Å². The predicted octanol–water partition coefficient (Wildman–Crippen LogP) is 2.84. The molecule has 4 nitrogen and oxygen atoms in total. The van der Waals surface area contributed by atoms with Crippen LogP contribution in [-0.2, 0) is 0 Å². The molecule has 0 spiro atoms. The van der Waals surface area contributed by atoms with Crippen molar-refractivity contribution in [1.82, 2.24) is 5.43 Å². The first kappa shape index (κ1) is 12.5. The molecule has 4 heteroatoms. The monoisotopic (exact) mass is 268 g/mol. The van der Waals surface area contributed by atoms with E-state index < -0.39 is 0 Å². The Kier molecular flexibility index (Phi) is 3.29. The molecule has 0 saturated carbocycles. The van der Waals surface area contributed by atoms with Crippen molar-refractivity contribution in [2.24, 2.45) is 5.10 Å². The largest absolute Gasteiger partial charge is 0.508 e. The van der Waals surface area contributed by atoms with Crippen molar-refractivity contribution in [3.63, 3.8) is 0 Å². The van der Waals surface area contributed by atoms with Crippen LogP contribution in [0, 0.1) is 0 Å². The molecule has 0 aliphatic carbocycles. The van der Waals surface area contributed by atoms with Gasteiger partial charge in [0.2, 0.25) is 0 Å².